The van der Waals surface area contributed by atoms with Gasteiger partial charge in [-0.1, -0.05) is 52.5 Å². The van der Waals surface area contributed by atoms with Crippen molar-refractivity contribution in [3.05, 3.63) is 85.6 Å². The van der Waals surface area contributed by atoms with Crippen LogP contribution in [0.15, 0.2) is 71.0 Å². The fraction of sp³-hybridized carbons (Fsp3) is 0.367. The maximum Gasteiger partial charge on any atom is 0.157 e. The van der Waals surface area contributed by atoms with Crippen molar-refractivity contribution in [1.82, 2.24) is 5.32 Å². The minimum atomic E-state index is -0.112. The molecule has 1 aliphatic heterocycles. The number of hydrogen-bond donors (Lipinski definition) is 1. The summed E-state index contributed by atoms with van der Waals surface area (Å²) in [6.45, 7) is 16.0. The number of hydrogen-bond acceptors (Lipinski definition) is 6. The van der Waals surface area contributed by atoms with E-state index in [1.807, 2.05) is 40.5 Å². The maximum atomic E-state index is 12.3. The third kappa shape index (κ3) is 5.52. The molecular weight excluding hydrogens is 519 g/mol. The third-order valence-corrected chi connectivity index (χ3v) is 12.5. The molecule has 0 unspecified atom stereocenters. The van der Waals surface area contributed by atoms with Crippen molar-refractivity contribution in [3.8, 4) is 9.75 Å². The predicted molar refractivity (Wildman–Crippen MR) is 163 cm³/mol. The first-order valence-corrected chi connectivity index (χ1v) is 15.8. The van der Waals surface area contributed by atoms with Gasteiger partial charge in [0.15, 0.2) is 5.78 Å². The topological polar surface area (TPSA) is 29.1 Å². The summed E-state index contributed by atoms with van der Waals surface area (Å²) in [5.74, 6) is 1.12. The standard InChI is InChI=1S/C30H35NOS4/c1-7-10-26(34-19-21-13-14-24(35-21)23-12-9-18-33-23)29(3,4)30(5,6)27-16-15-25(36-27)28-22(20(2)32)11-8-17-31-28/h7,9-10,12-16,18,31H,1,8,11,17,19H2,2-6H3/b26-10-. The fourth-order valence-corrected chi connectivity index (χ4v) is 8.99. The number of rotatable bonds is 10. The smallest absolute Gasteiger partial charge is 0.157 e. The molecule has 0 bridgehead atoms. The number of Topliss-reactive ketones (excluding diaryl/α,β-unsaturated/α-hetero) is 1. The molecule has 2 nitrogen and oxygen atoms in total. The minimum Gasteiger partial charge on any atom is -0.384 e. The van der Waals surface area contributed by atoms with Gasteiger partial charge in [-0.05, 0) is 60.4 Å². The van der Waals surface area contributed by atoms with E-state index in [9.17, 15) is 4.79 Å². The summed E-state index contributed by atoms with van der Waals surface area (Å²) in [7, 11) is 0. The van der Waals surface area contributed by atoms with Crippen LogP contribution in [0.5, 0.6) is 0 Å². The van der Waals surface area contributed by atoms with E-state index < -0.39 is 0 Å². The van der Waals surface area contributed by atoms with Gasteiger partial charge in [0.2, 0.25) is 0 Å². The quantitative estimate of drug-likeness (QED) is 0.253. The Labute approximate surface area is 232 Å². The van der Waals surface area contributed by atoms with Crippen LogP contribution in [-0.2, 0) is 16.0 Å². The number of carbonyl (C=O) groups is 1. The molecule has 0 atom stereocenters. The van der Waals surface area contributed by atoms with Gasteiger partial charge < -0.3 is 5.32 Å². The monoisotopic (exact) mass is 553 g/mol. The molecule has 0 spiro atoms. The molecule has 1 aliphatic rings. The molecule has 190 valence electrons. The van der Waals surface area contributed by atoms with E-state index in [1.54, 1.807) is 18.3 Å². The highest BCUT2D eigenvalue weighted by Crippen LogP contribution is 2.53. The number of nitrogens with one attached hydrogen (secondary N) is 1. The Balaban J connectivity index is 1.56. The number of ketones is 1. The largest absolute Gasteiger partial charge is 0.384 e. The molecule has 0 aromatic carbocycles. The van der Waals surface area contributed by atoms with E-state index >= 15 is 0 Å². The Morgan fingerprint density at radius 1 is 1.08 bits per heavy atom. The van der Waals surface area contributed by atoms with Crippen LogP contribution in [0, 0.1) is 5.41 Å². The zero-order chi connectivity index (χ0) is 25.9. The minimum absolute atomic E-state index is 0.110. The second-order valence-electron chi connectivity index (χ2n) is 10.2. The van der Waals surface area contributed by atoms with Gasteiger partial charge in [0.05, 0.1) is 10.6 Å². The number of thioether (sulfide) groups is 1. The van der Waals surface area contributed by atoms with Crippen molar-refractivity contribution in [1.29, 1.82) is 0 Å². The SMILES string of the molecule is C=C/C=C(\SCc1ccc(-c2cccs2)s1)C(C)(C)C(C)(C)c1ccc(C2=C(C(C)=O)CCCN2)s1. The van der Waals surface area contributed by atoms with Crippen LogP contribution in [0.25, 0.3) is 15.5 Å². The van der Waals surface area contributed by atoms with Gasteiger partial charge in [-0.3, -0.25) is 4.79 Å². The first kappa shape index (κ1) is 27.2. The zero-order valence-corrected chi connectivity index (χ0v) is 25.0. The van der Waals surface area contributed by atoms with Crippen LogP contribution < -0.4 is 5.32 Å². The highest BCUT2D eigenvalue weighted by molar-refractivity contribution is 8.02. The van der Waals surface area contributed by atoms with Gasteiger partial charge in [-0.2, -0.15) is 0 Å². The molecule has 4 heterocycles. The summed E-state index contributed by atoms with van der Waals surface area (Å²) in [6, 6.07) is 13.3. The average Bonchev–Trinajstić information content (AvgIpc) is 3.62. The predicted octanol–water partition coefficient (Wildman–Crippen LogP) is 9.53. The van der Waals surface area contributed by atoms with Crippen molar-refractivity contribution >= 4 is 57.3 Å². The Morgan fingerprint density at radius 3 is 2.56 bits per heavy atom. The summed E-state index contributed by atoms with van der Waals surface area (Å²) in [5, 5.41) is 5.64. The Hall–Kier alpha value is -1.86. The van der Waals surface area contributed by atoms with Gasteiger partial charge in [0, 0.05) is 48.2 Å². The lowest BCUT2D eigenvalue weighted by Crippen LogP contribution is -2.36. The molecule has 3 aromatic heterocycles. The Kier molecular flexibility index (Phi) is 8.50. The summed E-state index contributed by atoms with van der Waals surface area (Å²) < 4.78 is 0. The first-order valence-electron chi connectivity index (χ1n) is 12.3. The van der Waals surface area contributed by atoms with Crippen LogP contribution in [-0.4, -0.2) is 12.3 Å². The number of carbonyl (C=O) groups excluding carboxylic acids is 1. The summed E-state index contributed by atoms with van der Waals surface area (Å²) in [6.07, 6.45) is 5.98. The first-order chi connectivity index (χ1) is 17.1. The lowest BCUT2D eigenvalue weighted by Gasteiger charge is -2.43. The van der Waals surface area contributed by atoms with Crippen molar-refractivity contribution in [3.63, 3.8) is 0 Å². The van der Waals surface area contributed by atoms with Crippen LogP contribution >= 0.6 is 45.8 Å². The number of thiophene rings is 3. The third-order valence-electron chi connectivity index (χ3n) is 7.34. The molecule has 0 saturated carbocycles. The Morgan fingerprint density at radius 2 is 1.86 bits per heavy atom. The molecule has 0 fully saturated rings. The van der Waals surface area contributed by atoms with Crippen LogP contribution in [0.1, 0.15) is 62.1 Å². The molecule has 4 rings (SSSR count). The lowest BCUT2D eigenvalue weighted by atomic mass is 9.66. The van der Waals surface area contributed by atoms with E-state index in [-0.39, 0.29) is 16.6 Å². The van der Waals surface area contributed by atoms with Crippen molar-refractivity contribution in [2.75, 3.05) is 6.54 Å². The maximum absolute atomic E-state index is 12.3. The fourth-order valence-electron chi connectivity index (χ4n) is 4.42. The normalized spacial score (nSPS) is 15.2. The molecule has 3 aromatic rings. The molecule has 0 saturated heterocycles. The summed E-state index contributed by atoms with van der Waals surface area (Å²) in [5.41, 5.74) is 1.75. The molecule has 6 heteroatoms. The highest BCUT2D eigenvalue weighted by atomic mass is 32.2. The van der Waals surface area contributed by atoms with Crippen molar-refractivity contribution < 1.29 is 4.79 Å². The molecule has 0 amide bonds. The van der Waals surface area contributed by atoms with Gasteiger partial charge in [0.25, 0.3) is 0 Å². The highest BCUT2D eigenvalue weighted by Gasteiger charge is 2.42. The van der Waals surface area contributed by atoms with Gasteiger partial charge >= 0.3 is 0 Å². The summed E-state index contributed by atoms with van der Waals surface area (Å²) >= 11 is 7.41. The Bertz CT molecular complexity index is 1280. The molecule has 0 aliphatic carbocycles. The van der Waals surface area contributed by atoms with E-state index in [0.717, 1.165) is 36.4 Å². The van der Waals surface area contributed by atoms with Gasteiger partial charge in [-0.15, -0.1) is 45.8 Å². The van der Waals surface area contributed by atoms with E-state index in [4.69, 9.17) is 0 Å². The second kappa shape index (κ2) is 11.3. The average molecular weight is 554 g/mol. The lowest BCUT2D eigenvalue weighted by molar-refractivity contribution is -0.113. The van der Waals surface area contributed by atoms with Crippen molar-refractivity contribution in [2.24, 2.45) is 5.41 Å². The zero-order valence-electron chi connectivity index (χ0n) is 21.8. The molecule has 1 N–H and O–H groups in total. The van der Waals surface area contributed by atoms with E-state index in [1.165, 1.54) is 29.3 Å². The summed E-state index contributed by atoms with van der Waals surface area (Å²) in [4.78, 5) is 20.2. The molecule has 0 radical (unpaired) electrons. The van der Waals surface area contributed by atoms with Gasteiger partial charge in [0.1, 0.15) is 0 Å². The van der Waals surface area contributed by atoms with E-state index in [0.29, 0.717) is 0 Å². The van der Waals surface area contributed by atoms with Crippen LogP contribution in [0.3, 0.4) is 0 Å². The number of allylic oxidation sites excluding steroid dienone is 4. The van der Waals surface area contributed by atoms with Crippen LogP contribution in [0.2, 0.25) is 0 Å². The molecule has 36 heavy (non-hydrogen) atoms. The molecular formula is C30H35NOS4. The van der Waals surface area contributed by atoms with E-state index in [2.05, 4.69) is 87.4 Å². The van der Waals surface area contributed by atoms with Gasteiger partial charge in [-0.25, -0.2) is 0 Å². The van der Waals surface area contributed by atoms with Crippen molar-refractivity contribution in [2.45, 2.75) is 58.6 Å². The van der Waals surface area contributed by atoms with Crippen LogP contribution in [0.4, 0.5) is 0 Å². The second-order valence-corrected chi connectivity index (χ2v) is 14.4.